The van der Waals surface area contributed by atoms with Gasteiger partial charge >= 0.3 is 0 Å². The number of allylic oxidation sites excluding steroid dienone is 2. The summed E-state index contributed by atoms with van der Waals surface area (Å²) < 4.78 is 0. The molecule has 1 aliphatic rings. The predicted octanol–water partition coefficient (Wildman–Crippen LogP) is 3.46. The van der Waals surface area contributed by atoms with Crippen molar-refractivity contribution in [3.63, 3.8) is 0 Å². The Morgan fingerprint density at radius 2 is 1.94 bits per heavy atom. The summed E-state index contributed by atoms with van der Waals surface area (Å²) in [6, 6.07) is 10.1. The molecule has 0 heterocycles. The number of rotatable bonds is 1. The Labute approximate surface area is 103 Å². The molecular formula is C16H16O. The van der Waals surface area contributed by atoms with Crippen LogP contribution in [0.25, 0.3) is 5.57 Å². The Morgan fingerprint density at radius 1 is 1.24 bits per heavy atom. The van der Waals surface area contributed by atoms with Gasteiger partial charge in [0, 0.05) is 6.42 Å². The second-order valence-electron chi connectivity index (χ2n) is 4.60. The van der Waals surface area contributed by atoms with Gasteiger partial charge in [0.25, 0.3) is 0 Å². The zero-order chi connectivity index (χ0) is 12.3. The van der Waals surface area contributed by atoms with Gasteiger partial charge in [0.15, 0.2) is 5.78 Å². The first-order chi connectivity index (χ1) is 8.15. The van der Waals surface area contributed by atoms with E-state index in [2.05, 4.69) is 18.8 Å². The zero-order valence-corrected chi connectivity index (χ0v) is 10.3. The first-order valence-electron chi connectivity index (χ1n) is 5.90. The zero-order valence-electron chi connectivity index (χ0n) is 10.3. The Kier molecular flexibility index (Phi) is 3.15. The van der Waals surface area contributed by atoms with Crippen molar-refractivity contribution in [1.82, 2.24) is 0 Å². The van der Waals surface area contributed by atoms with Crippen molar-refractivity contribution in [2.45, 2.75) is 26.7 Å². The predicted molar refractivity (Wildman–Crippen MR) is 70.2 cm³/mol. The first kappa shape index (κ1) is 11.7. The van der Waals surface area contributed by atoms with Crippen LogP contribution < -0.4 is 0 Å². The fraction of sp³-hybridized carbons (Fsp3) is 0.312. The molecule has 1 aromatic carbocycles. The Balaban J connectivity index is 2.52. The Morgan fingerprint density at radius 3 is 2.59 bits per heavy atom. The lowest BCUT2D eigenvalue weighted by molar-refractivity contribution is -0.115. The highest BCUT2D eigenvalue weighted by atomic mass is 16.1. The van der Waals surface area contributed by atoms with E-state index in [4.69, 9.17) is 0 Å². The third-order valence-corrected chi connectivity index (χ3v) is 3.26. The van der Waals surface area contributed by atoms with Crippen molar-refractivity contribution in [3.05, 3.63) is 42.0 Å². The Bertz CT molecular complexity index is 513. The standard InChI is InChI=1S/C16H16O/c1-3-10-16(2)11-9-14(17)12-15(16)13-7-5-4-6-8-13/h4-8,12H,9,11H2,1-2H3. The van der Waals surface area contributed by atoms with Gasteiger partial charge in [0.05, 0.1) is 5.41 Å². The van der Waals surface area contributed by atoms with Crippen molar-refractivity contribution < 1.29 is 4.79 Å². The van der Waals surface area contributed by atoms with E-state index in [-0.39, 0.29) is 11.2 Å². The molecule has 0 radical (unpaired) electrons. The monoisotopic (exact) mass is 224 g/mol. The summed E-state index contributed by atoms with van der Waals surface area (Å²) >= 11 is 0. The summed E-state index contributed by atoms with van der Waals surface area (Å²) in [5.41, 5.74) is 1.97. The molecule has 1 heteroatoms. The maximum atomic E-state index is 11.6. The molecule has 1 unspecified atom stereocenters. The molecule has 1 atom stereocenters. The second-order valence-corrected chi connectivity index (χ2v) is 4.60. The highest BCUT2D eigenvalue weighted by Crippen LogP contribution is 2.41. The maximum Gasteiger partial charge on any atom is 0.156 e. The molecular weight excluding hydrogens is 208 g/mol. The van der Waals surface area contributed by atoms with Gasteiger partial charge in [-0.1, -0.05) is 36.3 Å². The van der Waals surface area contributed by atoms with Crippen molar-refractivity contribution in [2.75, 3.05) is 0 Å². The number of hydrogen-bond acceptors (Lipinski definition) is 1. The maximum absolute atomic E-state index is 11.6. The SMILES string of the molecule is CC#CC1(C)CCC(=O)C=C1c1ccccc1. The molecule has 1 aromatic rings. The van der Waals surface area contributed by atoms with Crippen LogP contribution in [0.15, 0.2) is 36.4 Å². The van der Waals surface area contributed by atoms with E-state index in [0.29, 0.717) is 6.42 Å². The van der Waals surface area contributed by atoms with E-state index >= 15 is 0 Å². The molecule has 0 saturated carbocycles. The summed E-state index contributed by atoms with van der Waals surface area (Å²) in [5, 5.41) is 0. The van der Waals surface area contributed by atoms with Crippen LogP contribution >= 0.6 is 0 Å². The lowest BCUT2D eigenvalue weighted by Crippen LogP contribution is -2.23. The minimum absolute atomic E-state index is 0.190. The third-order valence-electron chi connectivity index (χ3n) is 3.26. The molecule has 1 aliphatic carbocycles. The molecule has 0 amide bonds. The topological polar surface area (TPSA) is 17.1 Å². The molecule has 0 saturated heterocycles. The first-order valence-corrected chi connectivity index (χ1v) is 5.90. The van der Waals surface area contributed by atoms with E-state index in [1.807, 2.05) is 37.3 Å². The van der Waals surface area contributed by atoms with Gasteiger partial charge in [-0.3, -0.25) is 4.79 Å². The molecule has 0 N–H and O–H groups in total. The smallest absolute Gasteiger partial charge is 0.156 e. The summed E-state index contributed by atoms with van der Waals surface area (Å²) in [6.45, 7) is 3.97. The van der Waals surface area contributed by atoms with Crippen LogP contribution in [0.2, 0.25) is 0 Å². The fourth-order valence-corrected chi connectivity index (χ4v) is 2.33. The molecule has 2 rings (SSSR count). The van der Waals surface area contributed by atoms with Gasteiger partial charge < -0.3 is 0 Å². The summed E-state index contributed by atoms with van der Waals surface area (Å²) in [7, 11) is 0. The van der Waals surface area contributed by atoms with E-state index in [1.165, 1.54) is 0 Å². The number of carbonyl (C=O) groups excluding carboxylic acids is 1. The van der Waals surface area contributed by atoms with Crippen LogP contribution in [0.4, 0.5) is 0 Å². The molecule has 0 fully saturated rings. The van der Waals surface area contributed by atoms with Crippen LogP contribution in [0.5, 0.6) is 0 Å². The summed E-state index contributed by atoms with van der Waals surface area (Å²) in [6.07, 6.45) is 3.18. The number of carbonyl (C=O) groups is 1. The summed E-state index contributed by atoms with van der Waals surface area (Å²) in [5.74, 6) is 6.46. The van der Waals surface area contributed by atoms with E-state index in [9.17, 15) is 4.79 Å². The minimum Gasteiger partial charge on any atom is -0.295 e. The van der Waals surface area contributed by atoms with Crippen molar-refractivity contribution in [3.8, 4) is 11.8 Å². The minimum atomic E-state index is -0.190. The van der Waals surface area contributed by atoms with Gasteiger partial charge in [-0.15, -0.1) is 5.92 Å². The second kappa shape index (κ2) is 4.59. The van der Waals surface area contributed by atoms with E-state index in [1.54, 1.807) is 6.08 Å². The molecule has 0 aromatic heterocycles. The largest absolute Gasteiger partial charge is 0.295 e. The lowest BCUT2D eigenvalue weighted by atomic mass is 9.71. The molecule has 0 bridgehead atoms. The average molecular weight is 224 g/mol. The molecule has 86 valence electrons. The van der Waals surface area contributed by atoms with Gasteiger partial charge in [-0.2, -0.15) is 0 Å². The van der Waals surface area contributed by atoms with Crippen molar-refractivity contribution in [2.24, 2.45) is 5.41 Å². The van der Waals surface area contributed by atoms with Gasteiger partial charge in [0.1, 0.15) is 0 Å². The molecule has 0 spiro atoms. The fourth-order valence-electron chi connectivity index (χ4n) is 2.33. The quantitative estimate of drug-likeness (QED) is 0.668. The van der Waals surface area contributed by atoms with Crippen LogP contribution in [0.3, 0.4) is 0 Å². The van der Waals surface area contributed by atoms with Gasteiger partial charge in [-0.25, -0.2) is 0 Å². The Hall–Kier alpha value is -1.81. The van der Waals surface area contributed by atoms with Gasteiger partial charge in [-0.05, 0) is 37.5 Å². The van der Waals surface area contributed by atoms with Crippen LogP contribution in [-0.4, -0.2) is 5.78 Å². The van der Waals surface area contributed by atoms with E-state index in [0.717, 1.165) is 17.6 Å². The third kappa shape index (κ3) is 2.31. The van der Waals surface area contributed by atoms with Crippen molar-refractivity contribution in [1.29, 1.82) is 0 Å². The normalized spacial score (nSPS) is 23.6. The number of ketones is 1. The van der Waals surface area contributed by atoms with Gasteiger partial charge in [0.2, 0.25) is 0 Å². The number of benzene rings is 1. The molecule has 17 heavy (non-hydrogen) atoms. The van der Waals surface area contributed by atoms with Crippen LogP contribution in [0.1, 0.15) is 32.3 Å². The van der Waals surface area contributed by atoms with Crippen molar-refractivity contribution >= 4 is 11.4 Å². The lowest BCUT2D eigenvalue weighted by Gasteiger charge is -2.30. The van der Waals surface area contributed by atoms with Crippen LogP contribution in [0, 0.1) is 17.3 Å². The highest BCUT2D eigenvalue weighted by molar-refractivity contribution is 6.00. The molecule has 1 nitrogen and oxygen atoms in total. The van der Waals surface area contributed by atoms with E-state index < -0.39 is 0 Å². The summed E-state index contributed by atoms with van der Waals surface area (Å²) in [4.78, 5) is 11.6. The molecule has 0 aliphatic heterocycles. The number of hydrogen-bond donors (Lipinski definition) is 0. The highest BCUT2D eigenvalue weighted by Gasteiger charge is 2.32. The van der Waals surface area contributed by atoms with Crippen LogP contribution in [-0.2, 0) is 4.79 Å². The average Bonchev–Trinajstić information content (AvgIpc) is 2.34.